The van der Waals surface area contributed by atoms with Gasteiger partial charge in [0, 0.05) is 20.8 Å². The van der Waals surface area contributed by atoms with Gasteiger partial charge in [0.2, 0.25) is 5.91 Å². The zero-order valence-corrected chi connectivity index (χ0v) is 13.0. The number of carbonyl (C=O) groups is 1. The van der Waals surface area contributed by atoms with Gasteiger partial charge in [-0.25, -0.2) is 0 Å². The molecule has 1 amide bonds. The first-order valence-electron chi connectivity index (χ1n) is 5.88. The predicted molar refractivity (Wildman–Crippen MR) is 72.5 cm³/mol. The fourth-order valence-electron chi connectivity index (χ4n) is 1.51. The number of carbonyl (C=O) groups excluding carboxylic acids is 1. The molecule has 0 spiro atoms. The van der Waals surface area contributed by atoms with Crippen molar-refractivity contribution in [3.63, 3.8) is 0 Å². The standard InChI is InChI=1S/C12H24BrNO3/c1-9(2)11(13)12(15)14(6-7-16-4)10(3)8-17-5/h9-11H,6-8H2,1-5H3. The van der Waals surface area contributed by atoms with Crippen molar-refractivity contribution in [2.24, 2.45) is 5.92 Å². The number of alkyl halides is 1. The van der Waals surface area contributed by atoms with Gasteiger partial charge in [0.25, 0.3) is 0 Å². The molecule has 0 radical (unpaired) electrons. The maximum atomic E-state index is 12.3. The summed E-state index contributed by atoms with van der Waals surface area (Å²) in [5.74, 6) is 0.365. The van der Waals surface area contributed by atoms with Gasteiger partial charge >= 0.3 is 0 Å². The minimum Gasteiger partial charge on any atom is -0.383 e. The Morgan fingerprint density at radius 3 is 2.24 bits per heavy atom. The van der Waals surface area contributed by atoms with Crippen LogP contribution in [0.25, 0.3) is 0 Å². The van der Waals surface area contributed by atoms with Crippen molar-refractivity contribution in [3.05, 3.63) is 0 Å². The van der Waals surface area contributed by atoms with Crippen LogP contribution in [0, 0.1) is 5.92 Å². The fourth-order valence-corrected chi connectivity index (χ4v) is 1.78. The third kappa shape index (κ3) is 5.84. The van der Waals surface area contributed by atoms with Crippen LogP contribution < -0.4 is 0 Å². The number of rotatable bonds is 8. The van der Waals surface area contributed by atoms with E-state index < -0.39 is 0 Å². The molecule has 0 bridgehead atoms. The molecule has 0 aromatic heterocycles. The Hall–Kier alpha value is -0.130. The summed E-state index contributed by atoms with van der Waals surface area (Å²) >= 11 is 3.45. The molecule has 0 N–H and O–H groups in total. The molecule has 2 atom stereocenters. The molecule has 2 unspecified atom stereocenters. The normalized spacial score (nSPS) is 14.8. The summed E-state index contributed by atoms with van der Waals surface area (Å²) < 4.78 is 10.1. The number of methoxy groups -OCH3 is 2. The first-order chi connectivity index (χ1) is 7.95. The summed E-state index contributed by atoms with van der Waals surface area (Å²) in [4.78, 5) is 13.9. The van der Waals surface area contributed by atoms with Crippen LogP contribution in [-0.2, 0) is 14.3 Å². The molecule has 0 fully saturated rings. The minimum absolute atomic E-state index is 0.0569. The lowest BCUT2D eigenvalue weighted by atomic mass is 10.1. The third-order valence-electron chi connectivity index (χ3n) is 2.58. The molecule has 17 heavy (non-hydrogen) atoms. The minimum atomic E-state index is -0.154. The predicted octanol–water partition coefficient (Wildman–Crippen LogP) is 1.92. The van der Waals surface area contributed by atoms with Crippen molar-refractivity contribution < 1.29 is 14.3 Å². The van der Waals surface area contributed by atoms with Gasteiger partial charge in [-0.1, -0.05) is 29.8 Å². The Morgan fingerprint density at radius 2 is 1.82 bits per heavy atom. The Kier molecular flexibility index (Phi) is 8.82. The van der Waals surface area contributed by atoms with Crippen LogP contribution in [-0.4, -0.2) is 55.7 Å². The Bertz CT molecular complexity index is 224. The summed E-state index contributed by atoms with van der Waals surface area (Å²) in [5.41, 5.74) is 0. The highest BCUT2D eigenvalue weighted by molar-refractivity contribution is 9.10. The largest absolute Gasteiger partial charge is 0.383 e. The number of hydrogen-bond acceptors (Lipinski definition) is 3. The Labute approximate surface area is 113 Å². The highest BCUT2D eigenvalue weighted by Crippen LogP contribution is 2.16. The van der Waals surface area contributed by atoms with E-state index >= 15 is 0 Å². The van der Waals surface area contributed by atoms with E-state index in [1.54, 1.807) is 14.2 Å². The zero-order valence-electron chi connectivity index (χ0n) is 11.4. The molecule has 0 heterocycles. The fraction of sp³-hybridized carbons (Fsp3) is 0.917. The lowest BCUT2D eigenvalue weighted by molar-refractivity contribution is -0.135. The summed E-state index contributed by atoms with van der Waals surface area (Å²) in [6, 6.07) is 0.0569. The van der Waals surface area contributed by atoms with Gasteiger partial charge in [-0.2, -0.15) is 0 Å². The molecule has 0 aromatic carbocycles. The molecule has 102 valence electrons. The number of halogens is 1. The SMILES string of the molecule is COCCN(C(=O)C(Br)C(C)C)C(C)COC. The van der Waals surface area contributed by atoms with Crippen molar-refractivity contribution >= 4 is 21.8 Å². The molecule has 0 saturated heterocycles. The second-order valence-electron chi connectivity index (χ2n) is 4.47. The van der Waals surface area contributed by atoms with Gasteiger partial charge < -0.3 is 14.4 Å². The molecule has 0 rings (SSSR count). The number of ether oxygens (including phenoxy) is 2. The lowest BCUT2D eigenvalue weighted by Gasteiger charge is -2.31. The van der Waals surface area contributed by atoms with E-state index in [9.17, 15) is 4.79 Å². The molecule has 0 aliphatic carbocycles. The van der Waals surface area contributed by atoms with Gasteiger partial charge in [0.05, 0.1) is 24.1 Å². The van der Waals surface area contributed by atoms with Crippen LogP contribution in [0.1, 0.15) is 20.8 Å². The summed E-state index contributed by atoms with van der Waals surface area (Å²) in [6.45, 7) is 7.69. The molecule has 0 aliphatic rings. The average Bonchev–Trinajstić information content (AvgIpc) is 2.28. The quantitative estimate of drug-likeness (QED) is 0.643. The van der Waals surface area contributed by atoms with Crippen LogP contribution in [0.15, 0.2) is 0 Å². The number of hydrogen-bond donors (Lipinski definition) is 0. The molecule has 0 saturated carbocycles. The van der Waals surface area contributed by atoms with E-state index in [2.05, 4.69) is 15.9 Å². The topological polar surface area (TPSA) is 38.8 Å². The Balaban J connectivity index is 4.59. The number of amides is 1. The van der Waals surface area contributed by atoms with Gasteiger partial charge in [-0.15, -0.1) is 0 Å². The van der Waals surface area contributed by atoms with E-state index in [0.717, 1.165) is 0 Å². The summed E-state index contributed by atoms with van der Waals surface area (Å²) in [6.07, 6.45) is 0. The van der Waals surface area contributed by atoms with Crippen molar-refractivity contribution in [1.82, 2.24) is 4.90 Å². The molecule has 0 aliphatic heterocycles. The number of nitrogens with zero attached hydrogens (tertiary/aromatic N) is 1. The van der Waals surface area contributed by atoms with Gasteiger partial charge in [0.1, 0.15) is 0 Å². The summed E-state index contributed by atoms with van der Waals surface area (Å²) in [7, 11) is 3.28. The van der Waals surface area contributed by atoms with Crippen molar-refractivity contribution in [2.45, 2.75) is 31.6 Å². The van der Waals surface area contributed by atoms with Gasteiger partial charge in [-0.3, -0.25) is 4.79 Å². The van der Waals surface area contributed by atoms with Crippen LogP contribution in [0.3, 0.4) is 0 Å². The second kappa shape index (κ2) is 8.89. The van der Waals surface area contributed by atoms with E-state index in [0.29, 0.717) is 19.8 Å². The zero-order chi connectivity index (χ0) is 13.4. The monoisotopic (exact) mass is 309 g/mol. The molecular formula is C12H24BrNO3. The first-order valence-corrected chi connectivity index (χ1v) is 6.79. The first kappa shape index (κ1) is 16.9. The highest BCUT2D eigenvalue weighted by Gasteiger charge is 2.27. The Morgan fingerprint density at radius 1 is 1.24 bits per heavy atom. The lowest BCUT2D eigenvalue weighted by Crippen LogP contribution is -2.47. The van der Waals surface area contributed by atoms with Gasteiger partial charge in [0.15, 0.2) is 0 Å². The van der Waals surface area contributed by atoms with Crippen molar-refractivity contribution in [2.75, 3.05) is 34.0 Å². The smallest absolute Gasteiger partial charge is 0.237 e. The van der Waals surface area contributed by atoms with Crippen LogP contribution in [0.5, 0.6) is 0 Å². The molecule has 5 heteroatoms. The van der Waals surface area contributed by atoms with E-state index in [4.69, 9.17) is 9.47 Å². The maximum absolute atomic E-state index is 12.3. The van der Waals surface area contributed by atoms with E-state index in [1.165, 1.54) is 0 Å². The van der Waals surface area contributed by atoms with Crippen LogP contribution in [0.2, 0.25) is 0 Å². The molecule has 4 nitrogen and oxygen atoms in total. The van der Waals surface area contributed by atoms with Crippen molar-refractivity contribution in [1.29, 1.82) is 0 Å². The third-order valence-corrected chi connectivity index (χ3v) is 4.03. The maximum Gasteiger partial charge on any atom is 0.237 e. The molecular weight excluding hydrogens is 286 g/mol. The van der Waals surface area contributed by atoms with Crippen molar-refractivity contribution in [3.8, 4) is 0 Å². The molecule has 0 aromatic rings. The highest BCUT2D eigenvalue weighted by atomic mass is 79.9. The van der Waals surface area contributed by atoms with Gasteiger partial charge in [-0.05, 0) is 12.8 Å². The average molecular weight is 310 g/mol. The second-order valence-corrected chi connectivity index (χ2v) is 5.46. The van der Waals surface area contributed by atoms with E-state index in [-0.39, 0.29) is 22.7 Å². The van der Waals surface area contributed by atoms with Crippen LogP contribution >= 0.6 is 15.9 Å². The summed E-state index contributed by atoms with van der Waals surface area (Å²) in [5, 5.41) is 0. The van der Waals surface area contributed by atoms with E-state index in [1.807, 2.05) is 25.7 Å². The van der Waals surface area contributed by atoms with Crippen LogP contribution in [0.4, 0.5) is 0 Å².